The van der Waals surface area contributed by atoms with Crippen LogP contribution in [0, 0.1) is 5.92 Å². The van der Waals surface area contributed by atoms with Crippen LogP contribution in [0.4, 0.5) is 11.5 Å². The molecular weight excluding hydrogens is 244 g/mol. The molecule has 1 unspecified atom stereocenters. The second-order valence-corrected chi connectivity index (χ2v) is 5.21. The molecule has 0 spiro atoms. The first kappa shape index (κ1) is 13.6. The van der Waals surface area contributed by atoms with Crippen LogP contribution in [0.1, 0.15) is 16.9 Å². The molecule has 0 aliphatic carbocycles. The van der Waals surface area contributed by atoms with E-state index in [4.69, 9.17) is 10.8 Å². The minimum atomic E-state index is -1.03. The zero-order valence-electron chi connectivity index (χ0n) is 11.3. The highest BCUT2D eigenvalue weighted by molar-refractivity contribution is 5.86. The number of aromatic nitrogens is 1. The van der Waals surface area contributed by atoms with Crippen LogP contribution in [0.25, 0.3) is 0 Å². The number of hydrogen-bond donors (Lipinski definition) is 2. The van der Waals surface area contributed by atoms with E-state index >= 15 is 0 Å². The van der Waals surface area contributed by atoms with Gasteiger partial charge in [-0.05, 0) is 38.1 Å². The Labute approximate surface area is 112 Å². The van der Waals surface area contributed by atoms with Crippen LogP contribution in [0.15, 0.2) is 12.1 Å². The highest BCUT2D eigenvalue weighted by Crippen LogP contribution is 2.23. The lowest BCUT2D eigenvalue weighted by Crippen LogP contribution is -2.28. The lowest BCUT2D eigenvalue weighted by molar-refractivity contribution is 0.0690. The summed E-state index contributed by atoms with van der Waals surface area (Å²) in [4.78, 5) is 19.3. The normalized spacial score (nSPS) is 19.6. The van der Waals surface area contributed by atoms with Crippen LogP contribution in [0.3, 0.4) is 0 Å². The fourth-order valence-corrected chi connectivity index (χ4v) is 2.53. The second-order valence-electron chi connectivity index (χ2n) is 5.21. The van der Waals surface area contributed by atoms with E-state index in [0.29, 0.717) is 17.4 Å². The lowest BCUT2D eigenvalue weighted by atomic mass is 10.1. The fraction of sp³-hybridized carbons (Fsp3) is 0.538. The molecule has 19 heavy (non-hydrogen) atoms. The van der Waals surface area contributed by atoms with Crippen molar-refractivity contribution in [1.29, 1.82) is 0 Å². The van der Waals surface area contributed by atoms with Crippen LogP contribution in [-0.2, 0) is 0 Å². The minimum absolute atomic E-state index is 0.0274. The molecule has 6 heteroatoms. The molecule has 2 rings (SSSR count). The van der Waals surface area contributed by atoms with Crippen molar-refractivity contribution in [2.45, 2.75) is 6.42 Å². The van der Waals surface area contributed by atoms with E-state index in [1.54, 1.807) is 6.07 Å². The maximum absolute atomic E-state index is 10.9. The molecule has 0 amide bonds. The Kier molecular flexibility index (Phi) is 3.90. The summed E-state index contributed by atoms with van der Waals surface area (Å²) < 4.78 is 0. The number of aromatic carboxylic acids is 1. The summed E-state index contributed by atoms with van der Waals surface area (Å²) in [5, 5.41) is 8.97. The number of hydrogen-bond acceptors (Lipinski definition) is 5. The first-order valence-electron chi connectivity index (χ1n) is 6.37. The molecule has 1 aliphatic heterocycles. The van der Waals surface area contributed by atoms with Gasteiger partial charge in [-0.15, -0.1) is 0 Å². The van der Waals surface area contributed by atoms with Crippen molar-refractivity contribution in [3.63, 3.8) is 0 Å². The van der Waals surface area contributed by atoms with E-state index < -0.39 is 5.97 Å². The zero-order valence-corrected chi connectivity index (χ0v) is 11.3. The summed E-state index contributed by atoms with van der Waals surface area (Å²) >= 11 is 0. The Balaban J connectivity index is 2.11. The summed E-state index contributed by atoms with van der Waals surface area (Å²) in [6.07, 6.45) is 1.15. The van der Waals surface area contributed by atoms with Gasteiger partial charge in [-0.3, -0.25) is 0 Å². The van der Waals surface area contributed by atoms with Crippen LogP contribution in [0.2, 0.25) is 0 Å². The highest BCUT2D eigenvalue weighted by Gasteiger charge is 2.22. The minimum Gasteiger partial charge on any atom is -0.477 e. The molecule has 1 aromatic heterocycles. The largest absolute Gasteiger partial charge is 0.477 e. The molecule has 1 saturated heterocycles. The van der Waals surface area contributed by atoms with E-state index in [1.807, 2.05) is 11.9 Å². The van der Waals surface area contributed by atoms with Gasteiger partial charge in [-0.25, -0.2) is 9.78 Å². The molecule has 0 aromatic carbocycles. The van der Waals surface area contributed by atoms with Crippen molar-refractivity contribution >= 4 is 17.5 Å². The SMILES string of the molecule is CN1CCC(CN(C)c2nc(C(=O)O)ccc2N)C1. The molecule has 1 aromatic rings. The highest BCUT2D eigenvalue weighted by atomic mass is 16.4. The summed E-state index contributed by atoms with van der Waals surface area (Å²) in [6, 6.07) is 3.03. The van der Waals surface area contributed by atoms with E-state index in [-0.39, 0.29) is 5.69 Å². The maximum Gasteiger partial charge on any atom is 0.354 e. The molecule has 6 nitrogen and oxygen atoms in total. The maximum atomic E-state index is 10.9. The molecule has 0 saturated carbocycles. The van der Waals surface area contributed by atoms with Gasteiger partial charge >= 0.3 is 5.97 Å². The standard InChI is InChI=1S/C13H20N4O2/c1-16-6-5-9(7-16)8-17(2)12-10(14)3-4-11(15-12)13(18)19/h3-4,9H,5-8,14H2,1-2H3,(H,18,19). The Bertz CT molecular complexity index is 478. The van der Waals surface area contributed by atoms with Crippen molar-refractivity contribution in [1.82, 2.24) is 9.88 Å². The third-order valence-corrected chi connectivity index (χ3v) is 3.51. The van der Waals surface area contributed by atoms with Crippen LogP contribution >= 0.6 is 0 Å². The molecule has 1 fully saturated rings. The Morgan fingerprint density at radius 3 is 2.95 bits per heavy atom. The van der Waals surface area contributed by atoms with Gasteiger partial charge in [0.15, 0.2) is 11.5 Å². The van der Waals surface area contributed by atoms with Gasteiger partial charge in [0, 0.05) is 20.1 Å². The molecule has 1 aliphatic rings. The van der Waals surface area contributed by atoms with E-state index in [2.05, 4.69) is 16.9 Å². The summed E-state index contributed by atoms with van der Waals surface area (Å²) in [6.45, 7) is 3.00. The Morgan fingerprint density at radius 2 is 2.37 bits per heavy atom. The van der Waals surface area contributed by atoms with Crippen molar-refractivity contribution in [3.8, 4) is 0 Å². The topological polar surface area (TPSA) is 82.7 Å². The smallest absolute Gasteiger partial charge is 0.354 e. The number of nitrogens with two attached hydrogens (primary N) is 1. The van der Waals surface area contributed by atoms with Crippen LogP contribution < -0.4 is 10.6 Å². The zero-order chi connectivity index (χ0) is 14.0. The number of likely N-dealkylation sites (tertiary alicyclic amines) is 1. The number of nitrogens with zero attached hydrogens (tertiary/aromatic N) is 3. The third-order valence-electron chi connectivity index (χ3n) is 3.51. The van der Waals surface area contributed by atoms with Crippen LogP contribution in [0.5, 0.6) is 0 Å². The number of nitrogen functional groups attached to an aromatic ring is 1. The van der Waals surface area contributed by atoms with Crippen molar-refractivity contribution in [2.75, 3.05) is 44.4 Å². The second kappa shape index (κ2) is 5.44. The van der Waals surface area contributed by atoms with Crippen LogP contribution in [-0.4, -0.2) is 54.7 Å². The molecular formula is C13H20N4O2. The molecule has 0 radical (unpaired) electrons. The average molecular weight is 264 g/mol. The summed E-state index contributed by atoms with van der Waals surface area (Å²) in [5.41, 5.74) is 6.42. The van der Waals surface area contributed by atoms with Gasteiger partial charge < -0.3 is 20.6 Å². The Hall–Kier alpha value is -1.82. The predicted octanol–water partition coefficient (Wildman–Crippen LogP) is 0.750. The predicted molar refractivity (Wildman–Crippen MR) is 74.5 cm³/mol. The fourth-order valence-electron chi connectivity index (χ4n) is 2.53. The van der Waals surface area contributed by atoms with Gasteiger partial charge in [-0.1, -0.05) is 0 Å². The van der Waals surface area contributed by atoms with Gasteiger partial charge in [0.05, 0.1) is 5.69 Å². The first-order valence-corrected chi connectivity index (χ1v) is 6.37. The lowest BCUT2D eigenvalue weighted by Gasteiger charge is -2.23. The van der Waals surface area contributed by atoms with Gasteiger partial charge in [0.1, 0.15) is 0 Å². The summed E-state index contributed by atoms with van der Waals surface area (Å²) in [5.74, 6) is 0.0920. The van der Waals surface area contributed by atoms with E-state index in [9.17, 15) is 4.79 Å². The number of pyridine rings is 1. The molecule has 104 valence electrons. The van der Waals surface area contributed by atoms with Gasteiger partial charge in [-0.2, -0.15) is 0 Å². The Morgan fingerprint density at radius 1 is 1.63 bits per heavy atom. The van der Waals surface area contributed by atoms with Crippen molar-refractivity contribution in [3.05, 3.63) is 17.8 Å². The number of rotatable bonds is 4. The average Bonchev–Trinajstić information content (AvgIpc) is 2.74. The monoisotopic (exact) mass is 264 g/mol. The molecule has 3 N–H and O–H groups in total. The van der Waals surface area contributed by atoms with E-state index in [0.717, 1.165) is 26.1 Å². The van der Waals surface area contributed by atoms with Crippen molar-refractivity contribution in [2.24, 2.45) is 5.92 Å². The number of carboxylic acid groups (broad SMARTS) is 1. The number of carbonyl (C=O) groups is 1. The van der Waals surface area contributed by atoms with E-state index in [1.165, 1.54) is 6.07 Å². The third kappa shape index (κ3) is 3.14. The molecule has 1 atom stereocenters. The number of anilines is 2. The quantitative estimate of drug-likeness (QED) is 0.835. The van der Waals surface area contributed by atoms with Gasteiger partial charge in [0.25, 0.3) is 0 Å². The number of carboxylic acids is 1. The molecule has 2 heterocycles. The summed E-state index contributed by atoms with van der Waals surface area (Å²) in [7, 11) is 4.01. The van der Waals surface area contributed by atoms with Crippen molar-refractivity contribution < 1.29 is 9.90 Å². The van der Waals surface area contributed by atoms with Gasteiger partial charge in [0.2, 0.25) is 0 Å². The first-order chi connectivity index (χ1) is 8.97. The molecule has 0 bridgehead atoms.